The lowest BCUT2D eigenvalue weighted by Crippen LogP contribution is -2.51. The lowest BCUT2D eigenvalue weighted by atomic mass is 9.47. The molecule has 0 heterocycles. The van der Waals surface area contributed by atoms with Crippen LogP contribution in [0.15, 0.2) is 11.6 Å². The number of aliphatic hydroxyl groups excluding tert-OH is 1. The molecule has 23 heavy (non-hydrogen) atoms. The van der Waals surface area contributed by atoms with Gasteiger partial charge in [0.1, 0.15) is 0 Å². The van der Waals surface area contributed by atoms with Crippen LogP contribution in [-0.2, 0) is 4.79 Å². The van der Waals surface area contributed by atoms with Gasteiger partial charge in [-0.25, -0.2) is 0 Å². The largest absolute Gasteiger partial charge is 0.392 e. The minimum absolute atomic E-state index is 0.0495. The van der Waals surface area contributed by atoms with Gasteiger partial charge < -0.3 is 5.11 Å². The summed E-state index contributed by atoms with van der Waals surface area (Å²) in [5.41, 5.74) is 1.84. The van der Waals surface area contributed by atoms with E-state index in [1.807, 2.05) is 6.08 Å². The second-order valence-electron chi connectivity index (χ2n) is 10.1. The van der Waals surface area contributed by atoms with E-state index in [0.29, 0.717) is 11.7 Å². The summed E-state index contributed by atoms with van der Waals surface area (Å²) in [4.78, 5) is 11.9. The van der Waals surface area contributed by atoms with Crippen molar-refractivity contribution < 1.29 is 9.90 Å². The number of hydrogen-bond donors (Lipinski definition) is 1. The molecule has 128 valence electrons. The first-order valence-corrected chi connectivity index (χ1v) is 9.60. The minimum atomic E-state index is -0.168. The molecule has 6 atom stereocenters. The summed E-state index contributed by atoms with van der Waals surface area (Å²) in [5.74, 6) is 2.45. The number of allylic oxidation sites excluding steroid dienone is 1. The highest BCUT2D eigenvalue weighted by molar-refractivity contribution is 5.91. The third-order valence-corrected chi connectivity index (χ3v) is 8.51. The van der Waals surface area contributed by atoms with E-state index < -0.39 is 0 Å². The molecule has 2 nitrogen and oxygen atoms in total. The van der Waals surface area contributed by atoms with Gasteiger partial charge in [-0.15, -0.1) is 0 Å². The van der Waals surface area contributed by atoms with Crippen LogP contribution in [0.2, 0.25) is 0 Å². The van der Waals surface area contributed by atoms with Crippen molar-refractivity contribution in [1.29, 1.82) is 0 Å². The van der Waals surface area contributed by atoms with Gasteiger partial charge in [-0.1, -0.05) is 33.3 Å². The van der Waals surface area contributed by atoms with Crippen molar-refractivity contribution in [3.05, 3.63) is 11.6 Å². The molecule has 0 aromatic heterocycles. The molecule has 0 spiro atoms. The molecule has 1 N–H and O–H groups in total. The van der Waals surface area contributed by atoms with Gasteiger partial charge in [0.05, 0.1) is 6.10 Å². The van der Waals surface area contributed by atoms with Crippen molar-refractivity contribution >= 4 is 5.78 Å². The molecular formula is C21H32O2. The molecule has 0 saturated heterocycles. The van der Waals surface area contributed by atoms with E-state index in [4.69, 9.17) is 0 Å². The maximum atomic E-state index is 11.9. The van der Waals surface area contributed by atoms with E-state index in [2.05, 4.69) is 27.7 Å². The zero-order valence-corrected chi connectivity index (χ0v) is 15.2. The van der Waals surface area contributed by atoms with E-state index in [1.54, 1.807) is 0 Å². The van der Waals surface area contributed by atoms with E-state index in [-0.39, 0.29) is 22.3 Å². The molecule has 0 bridgehead atoms. The quantitative estimate of drug-likeness (QED) is 0.713. The molecule has 0 aliphatic heterocycles. The Balaban J connectivity index is 1.70. The summed E-state index contributed by atoms with van der Waals surface area (Å²) in [6.07, 6.45) is 9.48. The van der Waals surface area contributed by atoms with Crippen LogP contribution in [0.5, 0.6) is 0 Å². The predicted molar refractivity (Wildman–Crippen MR) is 91.9 cm³/mol. The van der Waals surface area contributed by atoms with Crippen LogP contribution < -0.4 is 0 Å². The number of carbonyl (C=O) groups excluding carboxylic acids is 1. The van der Waals surface area contributed by atoms with Crippen LogP contribution in [0.3, 0.4) is 0 Å². The molecule has 4 rings (SSSR count). The standard InChI is InChI=1S/C21H32O2/c1-19(2)12-17-15-6-5-13-11-14(22)7-9-20(13,3)16(15)8-10-21(17,4)18(19)23/h11,15-18,23H,5-10,12H2,1-4H3/t15?,16?,17?,18-,20-,21-/m0/s1. The lowest BCUT2D eigenvalue weighted by molar-refractivity contribution is -0.118. The average molecular weight is 316 g/mol. The second-order valence-corrected chi connectivity index (χ2v) is 10.1. The summed E-state index contributed by atoms with van der Waals surface area (Å²) in [7, 11) is 0. The Hall–Kier alpha value is -0.630. The Morgan fingerprint density at radius 3 is 2.52 bits per heavy atom. The van der Waals surface area contributed by atoms with Crippen molar-refractivity contribution in [2.24, 2.45) is 34.0 Å². The Morgan fingerprint density at radius 2 is 1.78 bits per heavy atom. The van der Waals surface area contributed by atoms with E-state index in [9.17, 15) is 9.90 Å². The fourth-order valence-corrected chi connectivity index (χ4v) is 7.20. The van der Waals surface area contributed by atoms with Crippen LogP contribution in [-0.4, -0.2) is 17.0 Å². The molecule has 0 radical (unpaired) electrons. The highest BCUT2D eigenvalue weighted by atomic mass is 16.3. The van der Waals surface area contributed by atoms with Gasteiger partial charge in [-0.3, -0.25) is 4.79 Å². The minimum Gasteiger partial charge on any atom is -0.392 e. The molecule has 2 heteroatoms. The van der Waals surface area contributed by atoms with Crippen LogP contribution in [0.4, 0.5) is 0 Å². The van der Waals surface area contributed by atoms with E-state index >= 15 is 0 Å². The predicted octanol–water partition coefficient (Wildman–Crippen LogP) is 4.52. The van der Waals surface area contributed by atoms with Crippen molar-refractivity contribution in [3.63, 3.8) is 0 Å². The Labute approximate surface area is 140 Å². The number of aliphatic hydroxyl groups is 1. The zero-order valence-electron chi connectivity index (χ0n) is 15.2. The normalized spacial score (nSPS) is 51.5. The van der Waals surface area contributed by atoms with Crippen LogP contribution >= 0.6 is 0 Å². The zero-order chi connectivity index (χ0) is 16.6. The van der Waals surface area contributed by atoms with Gasteiger partial charge in [0.15, 0.2) is 5.78 Å². The molecule has 0 aromatic carbocycles. The topological polar surface area (TPSA) is 37.3 Å². The second kappa shape index (κ2) is 4.71. The first kappa shape index (κ1) is 15.9. The maximum absolute atomic E-state index is 11.9. The smallest absolute Gasteiger partial charge is 0.155 e. The van der Waals surface area contributed by atoms with Gasteiger partial charge in [-0.05, 0) is 78.6 Å². The lowest BCUT2D eigenvalue weighted by Gasteiger charge is -2.57. The van der Waals surface area contributed by atoms with Gasteiger partial charge in [0, 0.05) is 6.42 Å². The third-order valence-electron chi connectivity index (χ3n) is 8.51. The molecule has 4 aliphatic carbocycles. The summed E-state index contributed by atoms with van der Waals surface area (Å²) in [6, 6.07) is 0. The summed E-state index contributed by atoms with van der Waals surface area (Å²) in [6.45, 7) is 9.30. The van der Waals surface area contributed by atoms with E-state index in [1.165, 1.54) is 24.8 Å². The molecule has 0 aromatic rings. The number of hydrogen-bond acceptors (Lipinski definition) is 2. The summed E-state index contributed by atoms with van der Waals surface area (Å²) < 4.78 is 0. The van der Waals surface area contributed by atoms with Crippen LogP contribution in [0.25, 0.3) is 0 Å². The van der Waals surface area contributed by atoms with Crippen molar-refractivity contribution in [2.75, 3.05) is 0 Å². The Bertz CT molecular complexity index is 574. The van der Waals surface area contributed by atoms with Crippen molar-refractivity contribution in [2.45, 2.75) is 78.7 Å². The third kappa shape index (κ3) is 2.00. The average Bonchev–Trinajstić information content (AvgIpc) is 2.68. The monoisotopic (exact) mass is 316 g/mol. The Morgan fingerprint density at radius 1 is 1.04 bits per heavy atom. The number of fused-ring (bicyclic) bond motifs is 5. The maximum Gasteiger partial charge on any atom is 0.155 e. The van der Waals surface area contributed by atoms with Gasteiger partial charge >= 0.3 is 0 Å². The summed E-state index contributed by atoms with van der Waals surface area (Å²) in [5, 5.41) is 11.0. The molecule has 0 amide bonds. The first-order valence-electron chi connectivity index (χ1n) is 9.60. The van der Waals surface area contributed by atoms with Gasteiger partial charge in [0.2, 0.25) is 0 Å². The van der Waals surface area contributed by atoms with Crippen LogP contribution in [0, 0.1) is 34.0 Å². The van der Waals surface area contributed by atoms with E-state index in [0.717, 1.165) is 37.5 Å². The summed E-state index contributed by atoms with van der Waals surface area (Å²) >= 11 is 0. The molecule has 3 saturated carbocycles. The molecular weight excluding hydrogens is 284 g/mol. The highest BCUT2D eigenvalue weighted by Crippen LogP contribution is 2.68. The Kier molecular flexibility index (Phi) is 3.25. The number of ketones is 1. The van der Waals surface area contributed by atoms with Gasteiger partial charge in [-0.2, -0.15) is 0 Å². The van der Waals surface area contributed by atoms with Crippen LogP contribution in [0.1, 0.15) is 72.6 Å². The molecule has 3 fully saturated rings. The van der Waals surface area contributed by atoms with Gasteiger partial charge in [0.25, 0.3) is 0 Å². The molecule has 3 unspecified atom stereocenters. The number of rotatable bonds is 0. The number of carbonyl (C=O) groups is 1. The fraction of sp³-hybridized carbons (Fsp3) is 0.857. The molecule has 4 aliphatic rings. The SMILES string of the molecule is CC1(C)CC2C3CCC4=CC(=O)CC[C@]4(C)C3CC[C@]2(C)[C@H]1O. The first-order chi connectivity index (χ1) is 10.7. The van der Waals surface area contributed by atoms with Crippen molar-refractivity contribution in [1.82, 2.24) is 0 Å². The highest BCUT2D eigenvalue weighted by Gasteiger charge is 2.63. The van der Waals surface area contributed by atoms with Crippen molar-refractivity contribution in [3.8, 4) is 0 Å². The fourth-order valence-electron chi connectivity index (χ4n) is 7.20.